The Hall–Kier alpha value is -4.76. The van der Waals surface area contributed by atoms with Crippen LogP contribution in [0.3, 0.4) is 0 Å². The SMILES string of the molecule is Nc1ccc(-c2cccs2)cc1NC(=O)c1ccc(-c2cn(CCc3ccc(C(=O)O)cc3)nn2)cc1. The van der Waals surface area contributed by atoms with Crippen LogP contribution in [0.2, 0.25) is 0 Å². The van der Waals surface area contributed by atoms with Crippen LogP contribution in [0, 0.1) is 0 Å². The van der Waals surface area contributed by atoms with Crippen LogP contribution < -0.4 is 11.1 Å². The van der Waals surface area contributed by atoms with Crippen LogP contribution >= 0.6 is 11.3 Å². The van der Waals surface area contributed by atoms with E-state index in [0.29, 0.717) is 35.6 Å². The second-order valence-corrected chi connectivity index (χ2v) is 9.38. The zero-order valence-electron chi connectivity index (χ0n) is 19.7. The largest absolute Gasteiger partial charge is 0.478 e. The molecule has 0 aliphatic heterocycles. The maximum absolute atomic E-state index is 12.9. The third kappa shape index (κ3) is 5.57. The second kappa shape index (κ2) is 10.5. The van der Waals surface area contributed by atoms with Crippen molar-refractivity contribution in [3.63, 3.8) is 0 Å². The van der Waals surface area contributed by atoms with Gasteiger partial charge < -0.3 is 16.2 Å². The molecule has 4 N–H and O–H groups in total. The first kappa shape index (κ1) is 24.0. The van der Waals surface area contributed by atoms with Crippen molar-refractivity contribution < 1.29 is 14.7 Å². The lowest BCUT2D eigenvalue weighted by molar-refractivity contribution is 0.0696. The Morgan fingerprint density at radius 3 is 2.38 bits per heavy atom. The number of carbonyl (C=O) groups is 2. The van der Waals surface area contributed by atoms with E-state index in [1.54, 1.807) is 58.5 Å². The summed E-state index contributed by atoms with van der Waals surface area (Å²) in [6.07, 6.45) is 2.54. The van der Waals surface area contributed by atoms with Crippen molar-refractivity contribution in [2.24, 2.45) is 0 Å². The van der Waals surface area contributed by atoms with Crippen LogP contribution in [-0.4, -0.2) is 32.0 Å². The highest BCUT2D eigenvalue weighted by atomic mass is 32.1. The fraction of sp³-hybridized carbons (Fsp3) is 0.0714. The van der Waals surface area contributed by atoms with Gasteiger partial charge in [-0.05, 0) is 65.4 Å². The number of anilines is 2. The molecule has 9 heteroatoms. The Morgan fingerprint density at radius 1 is 0.946 bits per heavy atom. The fourth-order valence-corrected chi connectivity index (χ4v) is 4.57. The normalized spacial score (nSPS) is 10.8. The van der Waals surface area contributed by atoms with Gasteiger partial charge in [0.2, 0.25) is 0 Å². The van der Waals surface area contributed by atoms with Gasteiger partial charge in [-0.15, -0.1) is 16.4 Å². The highest BCUT2D eigenvalue weighted by Gasteiger charge is 2.12. The molecule has 0 saturated carbocycles. The molecular weight excluding hydrogens is 486 g/mol. The second-order valence-electron chi connectivity index (χ2n) is 8.43. The quantitative estimate of drug-likeness (QED) is 0.239. The summed E-state index contributed by atoms with van der Waals surface area (Å²) in [5.74, 6) is -1.19. The Bertz CT molecular complexity index is 1540. The predicted octanol–water partition coefficient (Wildman–Crippen LogP) is 5.45. The summed E-state index contributed by atoms with van der Waals surface area (Å²) in [5.41, 5.74) is 11.5. The summed E-state index contributed by atoms with van der Waals surface area (Å²) in [4.78, 5) is 25.0. The molecule has 0 aliphatic carbocycles. The van der Waals surface area contributed by atoms with E-state index in [-0.39, 0.29) is 11.5 Å². The summed E-state index contributed by atoms with van der Waals surface area (Å²) in [6, 6.07) is 23.6. The number of nitrogen functional groups attached to an aromatic ring is 1. The van der Waals surface area contributed by atoms with Crippen molar-refractivity contribution in [2.45, 2.75) is 13.0 Å². The molecule has 0 fully saturated rings. The molecule has 0 aliphatic rings. The number of amides is 1. The van der Waals surface area contributed by atoms with Gasteiger partial charge >= 0.3 is 5.97 Å². The molecule has 0 spiro atoms. The smallest absolute Gasteiger partial charge is 0.335 e. The predicted molar refractivity (Wildman–Crippen MR) is 145 cm³/mol. The van der Waals surface area contributed by atoms with E-state index in [2.05, 4.69) is 15.6 Å². The molecular formula is C28H23N5O3S. The number of nitrogens with zero attached hydrogens (tertiary/aromatic N) is 3. The molecule has 0 bridgehead atoms. The lowest BCUT2D eigenvalue weighted by atomic mass is 10.1. The van der Waals surface area contributed by atoms with Crippen LogP contribution in [0.4, 0.5) is 11.4 Å². The lowest BCUT2D eigenvalue weighted by Crippen LogP contribution is -2.13. The number of carbonyl (C=O) groups excluding carboxylic acids is 1. The number of nitrogens with one attached hydrogen (secondary N) is 1. The van der Waals surface area contributed by atoms with Gasteiger partial charge in [0.1, 0.15) is 5.69 Å². The van der Waals surface area contributed by atoms with Crippen molar-refractivity contribution >= 4 is 34.6 Å². The molecule has 0 saturated heterocycles. The van der Waals surface area contributed by atoms with Crippen LogP contribution in [0.25, 0.3) is 21.7 Å². The Balaban J connectivity index is 1.22. The highest BCUT2D eigenvalue weighted by molar-refractivity contribution is 7.13. The minimum absolute atomic E-state index is 0.251. The maximum Gasteiger partial charge on any atom is 0.335 e. The van der Waals surface area contributed by atoms with E-state index in [1.807, 2.05) is 48.0 Å². The van der Waals surface area contributed by atoms with Gasteiger partial charge in [0.25, 0.3) is 5.91 Å². The summed E-state index contributed by atoms with van der Waals surface area (Å²) >= 11 is 1.62. The van der Waals surface area contributed by atoms with Gasteiger partial charge in [-0.2, -0.15) is 0 Å². The van der Waals surface area contributed by atoms with Gasteiger partial charge in [0.05, 0.1) is 23.1 Å². The van der Waals surface area contributed by atoms with Crippen molar-refractivity contribution in [3.05, 3.63) is 107 Å². The molecule has 37 heavy (non-hydrogen) atoms. The van der Waals surface area contributed by atoms with E-state index in [1.165, 1.54) is 0 Å². The fourth-order valence-electron chi connectivity index (χ4n) is 3.85. The monoisotopic (exact) mass is 509 g/mol. The van der Waals surface area contributed by atoms with Crippen molar-refractivity contribution in [1.29, 1.82) is 0 Å². The Morgan fingerprint density at radius 2 is 1.68 bits per heavy atom. The first-order chi connectivity index (χ1) is 18.0. The Kier molecular flexibility index (Phi) is 6.78. The van der Waals surface area contributed by atoms with Crippen molar-refractivity contribution in [1.82, 2.24) is 15.0 Å². The summed E-state index contributed by atoms with van der Waals surface area (Å²) in [7, 11) is 0. The standard InChI is InChI=1S/C28H23N5O3S/c29-23-12-11-22(26-2-1-15-37-26)16-24(23)30-27(34)20-9-7-19(8-10-20)25-17-33(32-31-25)14-13-18-3-5-21(6-4-18)28(35)36/h1-12,15-17H,13-14,29H2,(H,30,34)(H,35,36). The van der Waals surface area contributed by atoms with E-state index in [4.69, 9.17) is 10.8 Å². The summed E-state index contributed by atoms with van der Waals surface area (Å²) in [6.45, 7) is 0.603. The molecule has 184 valence electrons. The molecule has 3 aromatic carbocycles. The number of thiophene rings is 1. The van der Waals surface area contributed by atoms with Crippen LogP contribution in [0.15, 0.2) is 90.4 Å². The maximum atomic E-state index is 12.9. The van der Waals surface area contributed by atoms with E-state index in [0.717, 1.165) is 21.6 Å². The third-order valence-electron chi connectivity index (χ3n) is 5.92. The highest BCUT2D eigenvalue weighted by Crippen LogP contribution is 2.30. The molecule has 1 amide bonds. The zero-order chi connectivity index (χ0) is 25.8. The molecule has 0 atom stereocenters. The number of rotatable bonds is 8. The van der Waals surface area contributed by atoms with Crippen molar-refractivity contribution in [3.8, 4) is 21.7 Å². The van der Waals surface area contributed by atoms with Crippen molar-refractivity contribution in [2.75, 3.05) is 11.1 Å². The molecule has 5 aromatic rings. The summed E-state index contributed by atoms with van der Waals surface area (Å²) in [5, 5.41) is 22.4. The summed E-state index contributed by atoms with van der Waals surface area (Å²) < 4.78 is 1.74. The van der Waals surface area contributed by atoms with Gasteiger partial charge in [0, 0.05) is 22.5 Å². The number of aryl methyl sites for hydroxylation is 2. The lowest BCUT2D eigenvalue weighted by Gasteiger charge is -2.10. The van der Waals surface area contributed by atoms with E-state index >= 15 is 0 Å². The number of carboxylic acids is 1. The number of hydrogen-bond acceptors (Lipinski definition) is 6. The first-order valence-electron chi connectivity index (χ1n) is 11.5. The molecule has 0 radical (unpaired) electrons. The molecule has 5 rings (SSSR count). The number of benzene rings is 3. The van der Waals surface area contributed by atoms with Gasteiger partial charge in [-0.25, -0.2) is 4.79 Å². The molecule has 2 aromatic heterocycles. The number of carboxylic acid groups (broad SMARTS) is 1. The van der Waals surface area contributed by atoms with Gasteiger partial charge in [0.15, 0.2) is 0 Å². The third-order valence-corrected chi connectivity index (χ3v) is 6.84. The Labute approximate surface area is 217 Å². The van der Waals surface area contributed by atoms with E-state index < -0.39 is 5.97 Å². The average molecular weight is 510 g/mol. The van der Waals surface area contributed by atoms with Gasteiger partial charge in [-0.3, -0.25) is 9.48 Å². The number of hydrogen-bond donors (Lipinski definition) is 3. The minimum Gasteiger partial charge on any atom is -0.478 e. The number of nitrogens with two attached hydrogens (primary N) is 1. The van der Waals surface area contributed by atoms with Gasteiger partial charge in [-0.1, -0.05) is 41.6 Å². The first-order valence-corrected chi connectivity index (χ1v) is 12.4. The molecule has 2 heterocycles. The zero-order valence-corrected chi connectivity index (χ0v) is 20.5. The van der Waals surface area contributed by atoms with Crippen LogP contribution in [0.5, 0.6) is 0 Å². The van der Waals surface area contributed by atoms with Crippen LogP contribution in [-0.2, 0) is 13.0 Å². The van der Waals surface area contributed by atoms with E-state index in [9.17, 15) is 9.59 Å². The number of aromatic nitrogens is 3. The average Bonchev–Trinajstić information content (AvgIpc) is 3.62. The van der Waals surface area contributed by atoms with Crippen LogP contribution in [0.1, 0.15) is 26.3 Å². The molecule has 0 unspecified atom stereocenters. The molecule has 8 nitrogen and oxygen atoms in total. The number of aromatic carboxylic acids is 1. The topological polar surface area (TPSA) is 123 Å². The minimum atomic E-state index is -0.941.